The van der Waals surface area contributed by atoms with Crippen LogP contribution in [-0.2, 0) is 9.53 Å². The number of ether oxygens (including phenoxy) is 1. The average Bonchev–Trinajstić information content (AvgIpc) is 2.53. The SMILES string of the molecule is C[C@H]1CN(C(=O)OC(C)(C)C)CCN1C(=O)C12CCC(N)(CC1)CC2. The largest absolute Gasteiger partial charge is 0.444 e. The van der Waals surface area contributed by atoms with Crippen molar-refractivity contribution >= 4 is 12.0 Å². The Balaban J connectivity index is 1.62. The summed E-state index contributed by atoms with van der Waals surface area (Å²) in [6.45, 7) is 9.32. The zero-order chi connectivity index (χ0) is 18.5. The van der Waals surface area contributed by atoms with Gasteiger partial charge in [0, 0.05) is 36.6 Å². The van der Waals surface area contributed by atoms with Gasteiger partial charge in [-0.05, 0) is 66.2 Å². The van der Waals surface area contributed by atoms with E-state index in [1.54, 1.807) is 4.90 Å². The fourth-order valence-corrected chi connectivity index (χ4v) is 4.59. The van der Waals surface area contributed by atoms with E-state index in [9.17, 15) is 9.59 Å². The number of amides is 2. The van der Waals surface area contributed by atoms with Crippen LogP contribution >= 0.6 is 0 Å². The Hall–Kier alpha value is -1.30. The number of hydrogen-bond acceptors (Lipinski definition) is 4. The first-order chi connectivity index (χ1) is 11.5. The zero-order valence-electron chi connectivity index (χ0n) is 16.1. The molecule has 142 valence electrons. The Morgan fingerprint density at radius 3 is 2.08 bits per heavy atom. The van der Waals surface area contributed by atoms with Gasteiger partial charge in [-0.25, -0.2) is 4.79 Å². The normalized spacial score (nSPS) is 35.6. The Kier molecular flexibility index (Phi) is 4.55. The number of carbonyl (C=O) groups excluding carboxylic acids is 2. The van der Waals surface area contributed by atoms with E-state index in [0.29, 0.717) is 19.6 Å². The van der Waals surface area contributed by atoms with E-state index >= 15 is 0 Å². The van der Waals surface area contributed by atoms with Crippen molar-refractivity contribution in [1.82, 2.24) is 9.80 Å². The smallest absolute Gasteiger partial charge is 0.410 e. The fourth-order valence-electron chi connectivity index (χ4n) is 4.59. The van der Waals surface area contributed by atoms with Crippen molar-refractivity contribution in [3.05, 3.63) is 0 Å². The third-order valence-electron chi connectivity index (χ3n) is 6.30. The molecule has 0 aromatic carbocycles. The van der Waals surface area contributed by atoms with Crippen LogP contribution in [-0.4, -0.2) is 58.6 Å². The second-order valence-corrected chi connectivity index (χ2v) is 9.42. The molecule has 1 aliphatic heterocycles. The number of rotatable bonds is 1. The van der Waals surface area contributed by atoms with Crippen molar-refractivity contribution in [3.63, 3.8) is 0 Å². The molecule has 2 N–H and O–H groups in total. The summed E-state index contributed by atoms with van der Waals surface area (Å²) in [5.74, 6) is 0.283. The maximum absolute atomic E-state index is 13.3. The molecule has 0 spiro atoms. The van der Waals surface area contributed by atoms with Crippen LogP contribution in [0.4, 0.5) is 4.79 Å². The molecular formula is C19H33N3O3. The predicted octanol–water partition coefficient (Wildman–Crippen LogP) is 2.51. The lowest BCUT2D eigenvalue weighted by Gasteiger charge is -2.53. The van der Waals surface area contributed by atoms with E-state index in [1.165, 1.54) is 0 Å². The first-order valence-corrected chi connectivity index (χ1v) is 9.62. The molecule has 0 aromatic rings. The standard InChI is InChI=1S/C19H33N3O3/c1-14-13-21(16(24)25-17(2,3)4)11-12-22(14)15(23)18-5-8-19(20,9-6-18)10-7-18/h14H,5-13,20H2,1-4H3/t14-,18?,19?/m0/s1. The monoisotopic (exact) mass is 351 g/mol. The van der Waals surface area contributed by atoms with Crippen molar-refractivity contribution in [2.75, 3.05) is 19.6 Å². The van der Waals surface area contributed by atoms with E-state index in [1.807, 2.05) is 32.6 Å². The summed E-state index contributed by atoms with van der Waals surface area (Å²) in [6, 6.07) is 0.0228. The van der Waals surface area contributed by atoms with E-state index in [2.05, 4.69) is 0 Å². The summed E-state index contributed by atoms with van der Waals surface area (Å²) >= 11 is 0. The molecular weight excluding hydrogens is 318 g/mol. The molecule has 6 heteroatoms. The minimum absolute atomic E-state index is 0.0228. The molecule has 0 unspecified atom stereocenters. The highest BCUT2D eigenvalue weighted by Gasteiger charge is 2.52. The number of nitrogens with two attached hydrogens (primary N) is 1. The molecule has 4 aliphatic rings. The van der Waals surface area contributed by atoms with E-state index in [0.717, 1.165) is 38.5 Å². The summed E-state index contributed by atoms with van der Waals surface area (Å²) in [4.78, 5) is 29.3. The summed E-state index contributed by atoms with van der Waals surface area (Å²) in [5, 5.41) is 0. The Morgan fingerprint density at radius 1 is 1.04 bits per heavy atom. The summed E-state index contributed by atoms with van der Waals surface area (Å²) in [7, 11) is 0. The van der Waals surface area contributed by atoms with Gasteiger partial charge in [0.2, 0.25) is 5.91 Å². The van der Waals surface area contributed by atoms with Gasteiger partial charge in [-0.3, -0.25) is 4.79 Å². The number of nitrogens with zero attached hydrogens (tertiary/aromatic N) is 2. The van der Waals surface area contributed by atoms with E-state index < -0.39 is 5.60 Å². The lowest BCUT2D eigenvalue weighted by atomic mass is 9.57. The Morgan fingerprint density at radius 2 is 1.60 bits per heavy atom. The van der Waals surface area contributed by atoms with Gasteiger partial charge in [-0.1, -0.05) is 0 Å². The van der Waals surface area contributed by atoms with E-state index in [-0.39, 0.29) is 29.0 Å². The summed E-state index contributed by atoms with van der Waals surface area (Å²) in [6.07, 6.45) is 5.36. The van der Waals surface area contributed by atoms with Gasteiger partial charge in [0.25, 0.3) is 0 Å². The van der Waals surface area contributed by atoms with Crippen LogP contribution in [0.25, 0.3) is 0 Å². The quantitative estimate of drug-likeness (QED) is 0.787. The maximum atomic E-state index is 13.3. The molecule has 4 rings (SSSR count). The zero-order valence-corrected chi connectivity index (χ0v) is 16.1. The minimum Gasteiger partial charge on any atom is -0.444 e. The van der Waals surface area contributed by atoms with Crippen LogP contribution in [0.1, 0.15) is 66.2 Å². The molecule has 4 fully saturated rings. The van der Waals surface area contributed by atoms with Crippen LogP contribution in [0.5, 0.6) is 0 Å². The molecule has 2 amide bonds. The van der Waals surface area contributed by atoms with Gasteiger partial charge < -0.3 is 20.3 Å². The number of fused-ring (bicyclic) bond motifs is 3. The number of carbonyl (C=O) groups is 2. The van der Waals surface area contributed by atoms with Crippen LogP contribution in [0.15, 0.2) is 0 Å². The summed E-state index contributed by atoms with van der Waals surface area (Å²) in [5.41, 5.74) is 5.66. The minimum atomic E-state index is -0.495. The fraction of sp³-hybridized carbons (Fsp3) is 0.895. The molecule has 6 nitrogen and oxygen atoms in total. The predicted molar refractivity (Wildman–Crippen MR) is 96.0 cm³/mol. The van der Waals surface area contributed by atoms with Crippen LogP contribution in [0.3, 0.4) is 0 Å². The van der Waals surface area contributed by atoms with Gasteiger partial charge in [-0.2, -0.15) is 0 Å². The van der Waals surface area contributed by atoms with Crippen molar-refractivity contribution in [2.24, 2.45) is 11.1 Å². The maximum Gasteiger partial charge on any atom is 0.410 e. The van der Waals surface area contributed by atoms with Crippen molar-refractivity contribution in [3.8, 4) is 0 Å². The topological polar surface area (TPSA) is 75.9 Å². The highest BCUT2D eigenvalue weighted by Crippen LogP contribution is 2.52. The van der Waals surface area contributed by atoms with Gasteiger partial charge in [0.15, 0.2) is 0 Å². The van der Waals surface area contributed by atoms with Crippen molar-refractivity contribution < 1.29 is 14.3 Å². The first-order valence-electron chi connectivity index (χ1n) is 9.62. The van der Waals surface area contributed by atoms with Crippen LogP contribution < -0.4 is 5.73 Å². The van der Waals surface area contributed by atoms with E-state index in [4.69, 9.17) is 10.5 Å². The second-order valence-electron chi connectivity index (χ2n) is 9.42. The van der Waals surface area contributed by atoms with Gasteiger partial charge in [-0.15, -0.1) is 0 Å². The highest BCUT2D eigenvalue weighted by molar-refractivity contribution is 5.84. The molecule has 3 saturated carbocycles. The van der Waals surface area contributed by atoms with Crippen molar-refractivity contribution in [2.45, 2.75) is 83.4 Å². The van der Waals surface area contributed by atoms with Crippen LogP contribution in [0.2, 0.25) is 0 Å². The average molecular weight is 351 g/mol. The Labute approximate surface area is 151 Å². The van der Waals surface area contributed by atoms with Crippen molar-refractivity contribution in [1.29, 1.82) is 0 Å². The highest BCUT2D eigenvalue weighted by atomic mass is 16.6. The first kappa shape index (κ1) is 18.5. The molecule has 2 bridgehead atoms. The third-order valence-corrected chi connectivity index (χ3v) is 6.30. The lowest BCUT2D eigenvalue weighted by Crippen LogP contribution is -2.62. The van der Waals surface area contributed by atoms with Gasteiger partial charge in [0.1, 0.15) is 5.60 Å². The molecule has 1 heterocycles. The number of piperazine rings is 1. The lowest BCUT2D eigenvalue weighted by molar-refractivity contribution is -0.153. The molecule has 1 atom stereocenters. The third kappa shape index (κ3) is 3.64. The van der Waals surface area contributed by atoms with Gasteiger partial charge in [0.05, 0.1) is 0 Å². The molecule has 1 saturated heterocycles. The molecule has 3 aliphatic carbocycles. The second kappa shape index (κ2) is 6.15. The summed E-state index contributed by atoms with van der Waals surface area (Å²) < 4.78 is 5.47. The van der Waals surface area contributed by atoms with Gasteiger partial charge >= 0.3 is 6.09 Å². The van der Waals surface area contributed by atoms with Crippen LogP contribution in [0, 0.1) is 5.41 Å². The molecule has 0 aromatic heterocycles. The Bertz CT molecular complexity index is 530. The molecule has 0 radical (unpaired) electrons. The number of hydrogen-bond donors (Lipinski definition) is 1. The molecule has 25 heavy (non-hydrogen) atoms.